The van der Waals surface area contributed by atoms with Gasteiger partial charge in [-0.05, 0) is 30.7 Å². The van der Waals surface area contributed by atoms with Crippen LogP contribution in [0.15, 0.2) is 85.1 Å². The highest BCUT2D eigenvalue weighted by molar-refractivity contribution is 5.85. The fourth-order valence-corrected chi connectivity index (χ4v) is 3.40. The minimum absolute atomic E-state index is 0.859. The number of rotatable bonds is 3. The molecule has 0 saturated carbocycles. The van der Waals surface area contributed by atoms with Gasteiger partial charge in [0.15, 0.2) is 5.65 Å². The van der Waals surface area contributed by atoms with E-state index in [0.717, 1.165) is 39.2 Å². The lowest BCUT2D eigenvalue weighted by molar-refractivity contribution is 1.14. The smallest absolute Gasteiger partial charge is 0.164 e. The van der Waals surface area contributed by atoms with Gasteiger partial charge in [-0.25, -0.2) is 9.97 Å². The third-order valence-electron chi connectivity index (χ3n) is 4.90. The van der Waals surface area contributed by atoms with E-state index in [0.29, 0.717) is 0 Å². The predicted molar refractivity (Wildman–Crippen MR) is 116 cm³/mol. The third-order valence-corrected chi connectivity index (χ3v) is 4.90. The van der Waals surface area contributed by atoms with Crippen LogP contribution < -0.4 is 0 Å². The number of hydrogen-bond acceptors (Lipinski definition) is 2. The van der Waals surface area contributed by atoms with Gasteiger partial charge in [-0.1, -0.05) is 78.4 Å². The van der Waals surface area contributed by atoms with Crippen LogP contribution in [-0.4, -0.2) is 14.4 Å². The van der Waals surface area contributed by atoms with Crippen LogP contribution in [0.2, 0.25) is 0 Å². The summed E-state index contributed by atoms with van der Waals surface area (Å²) in [4.78, 5) is 9.75. The normalized spacial score (nSPS) is 11.6. The molecule has 0 fully saturated rings. The average Bonchev–Trinajstić information content (AvgIpc) is 3.13. The van der Waals surface area contributed by atoms with Gasteiger partial charge in [0.25, 0.3) is 0 Å². The van der Waals surface area contributed by atoms with Gasteiger partial charge in [0.2, 0.25) is 0 Å². The number of fused-ring (bicyclic) bond motifs is 3. The summed E-state index contributed by atoms with van der Waals surface area (Å²) < 4.78 is 2.14. The zero-order chi connectivity index (χ0) is 18.9. The Morgan fingerprint density at radius 3 is 2.32 bits per heavy atom. The molecule has 2 aromatic heterocycles. The first-order chi connectivity index (χ1) is 13.8. The highest BCUT2D eigenvalue weighted by Crippen LogP contribution is 2.24. The van der Waals surface area contributed by atoms with E-state index in [-0.39, 0.29) is 0 Å². The van der Waals surface area contributed by atoms with Crippen LogP contribution in [0, 0.1) is 6.92 Å². The van der Waals surface area contributed by atoms with Crippen LogP contribution in [0.1, 0.15) is 16.8 Å². The molecule has 0 bridgehead atoms. The second kappa shape index (κ2) is 6.78. The Hall–Kier alpha value is -3.72. The SMILES string of the molecule is Cc1ccc(/C=C/c2nc(-c3ccccc3)cn3c2nc2ccccc23)cc1. The molecule has 0 N–H and O–H groups in total. The van der Waals surface area contributed by atoms with Crippen LogP contribution in [0.25, 0.3) is 40.1 Å². The molecule has 5 aromatic rings. The van der Waals surface area contributed by atoms with Gasteiger partial charge in [0.1, 0.15) is 5.69 Å². The zero-order valence-corrected chi connectivity index (χ0v) is 15.6. The Balaban J connectivity index is 1.72. The van der Waals surface area contributed by atoms with Crippen molar-refractivity contribution >= 4 is 28.8 Å². The molecule has 3 aromatic carbocycles. The second-order valence-electron chi connectivity index (χ2n) is 6.92. The Morgan fingerprint density at radius 2 is 1.50 bits per heavy atom. The van der Waals surface area contributed by atoms with Crippen LogP contribution in [0.3, 0.4) is 0 Å². The molecule has 3 heteroatoms. The lowest BCUT2D eigenvalue weighted by Gasteiger charge is -2.06. The summed E-state index contributed by atoms with van der Waals surface area (Å²) in [5.74, 6) is 0. The van der Waals surface area contributed by atoms with Crippen molar-refractivity contribution < 1.29 is 0 Å². The van der Waals surface area contributed by atoms with Crippen LogP contribution in [0.5, 0.6) is 0 Å². The minimum atomic E-state index is 0.859. The van der Waals surface area contributed by atoms with Crippen LogP contribution in [-0.2, 0) is 0 Å². The Bertz CT molecular complexity index is 1300. The molecule has 0 aliphatic heterocycles. The van der Waals surface area contributed by atoms with E-state index in [1.165, 1.54) is 5.56 Å². The number of imidazole rings is 1. The van der Waals surface area contributed by atoms with Gasteiger partial charge in [0, 0.05) is 11.8 Å². The highest BCUT2D eigenvalue weighted by Gasteiger charge is 2.11. The molecule has 3 nitrogen and oxygen atoms in total. The molecule has 2 heterocycles. The maximum atomic E-state index is 4.93. The highest BCUT2D eigenvalue weighted by atomic mass is 15.0. The summed E-state index contributed by atoms with van der Waals surface area (Å²) in [6.45, 7) is 2.10. The van der Waals surface area contributed by atoms with Crippen molar-refractivity contribution in [1.29, 1.82) is 0 Å². The van der Waals surface area contributed by atoms with Gasteiger partial charge >= 0.3 is 0 Å². The topological polar surface area (TPSA) is 30.2 Å². The van der Waals surface area contributed by atoms with Crippen molar-refractivity contribution in [3.8, 4) is 11.3 Å². The zero-order valence-electron chi connectivity index (χ0n) is 15.6. The van der Waals surface area contributed by atoms with E-state index < -0.39 is 0 Å². The van der Waals surface area contributed by atoms with E-state index in [1.807, 2.05) is 36.4 Å². The quantitative estimate of drug-likeness (QED) is 0.393. The fourth-order valence-electron chi connectivity index (χ4n) is 3.40. The molecule has 0 amide bonds. The van der Waals surface area contributed by atoms with E-state index in [4.69, 9.17) is 9.97 Å². The standard InChI is InChI=1S/C25H19N3/c1-18-11-13-19(14-12-18)15-16-22-25-27-21-9-5-6-10-24(21)28(25)17-23(26-22)20-7-3-2-4-8-20/h2-17H,1H3/b16-15+. The molecule has 0 saturated heterocycles. The first kappa shape index (κ1) is 16.5. The Morgan fingerprint density at radius 1 is 0.750 bits per heavy atom. The summed E-state index contributed by atoms with van der Waals surface area (Å²) in [5.41, 5.74) is 8.20. The molecule has 28 heavy (non-hydrogen) atoms. The predicted octanol–water partition coefficient (Wildman–Crippen LogP) is 6.03. The summed E-state index contributed by atoms with van der Waals surface area (Å²) in [7, 11) is 0. The number of aromatic nitrogens is 3. The molecule has 5 rings (SSSR count). The minimum Gasteiger partial charge on any atom is -0.296 e. The maximum absolute atomic E-state index is 4.93. The van der Waals surface area contributed by atoms with Crippen molar-refractivity contribution in [3.63, 3.8) is 0 Å². The van der Waals surface area contributed by atoms with Crippen LogP contribution in [0.4, 0.5) is 0 Å². The molecule has 0 radical (unpaired) electrons. The van der Waals surface area contributed by atoms with Gasteiger partial charge in [-0.2, -0.15) is 0 Å². The molecule has 0 spiro atoms. The average molecular weight is 361 g/mol. The molecule has 0 aliphatic rings. The molecule has 0 unspecified atom stereocenters. The molecule has 0 aliphatic carbocycles. The van der Waals surface area contributed by atoms with Gasteiger partial charge < -0.3 is 0 Å². The number of hydrogen-bond donors (Lipinski definition) is 0. The van der Waals surface area contributed by atoms with E-state index in [9.17, 15) is 0 Å². The lowest BCUT2D eigenvalue weighted by Crippen LogP contribution is -1.95. The molecular formula is C25H19N3. The summed E-state index contributed by atoms with van der Waals surface area (Å²) >= 11 is 0. The lowest BCUT2D eigenvalue weighted by atomic mass is 10.1. The van der Waals surface area contributed by atoms with Gasteiger partial charge in [-0.15, -0.1) is 0 Å². The van der Waals surface area contributed by atoms with Crippen molar-refractivity contribution in [3.05, 3.63) is 102 Å². The summed E-state index contributed by atoms with van der Waals surface area (Å²) in [6, 6.07) is 26.9. The summed E-state index contributed by atoms with van der Waals surface area (Å²) in [6.07, 6.45) is 6.22. The molecule has 0 atom stereocenters. The van der Waals surface area contributed by atoms with E-state index in [1.54, 1.807) is 0 Å². The fraction of sp³-hybridized carbons (Fsp3) is 0.0400. The Kier molecular flexibility index (Phi) is 3.99. The Labute approximate surface area is 163 Å². The van der Waals surface area contributed by atoms with Crippen molar-refractivity contribution in [1.82, 2.24) is 14.4 Å². The van der Waals surface area contributed by atoms with Crippen molar-refractivity contribution in [2.24, 2.45) is 0 Å². The first-order valence-electron chi connectivity index (χ1n) is 9.36. The monoisotopic (exact) mass is 361 g/mol. The second-order valence-corrected chi connectivity index (χ2v) is 6.92. The third kappa shape index (κ3) is 2.97. The maximum Gasteiger partial charge on any atom is 0.164 e. The summed E-state index contributed by atoms with van der Waals surface area (Å²) in [5, 5.41) is 0. The van der Waals surface area contributed by atoms with E-state index >= 15 is 0 Å². The van der Waals surface area contributed by atoms with Crippen molar-refractivity contribution in [2.45, 2.75) is 6.92 Å². The number of para-hydroxylation sites is 2. The molecular weight excluding hydrogens is 342 g/mol. The number of nitrogens with zero attached hydrogens (tertiary/aromatic N) is 3. The van der Waals surface area contributed by atoms with E-state index in [2.05, 4.69) is 72.1 Å². The first-order valence-corrected chi connectivity index (χ1v) is 9.36. The number of aryl methyl sites for hydroxylation is 1. The number of benzene rings is 3. The van der Waals surface area contributed by atoms with Crippen molar-refractivity contribution in [2.75, 3.05) is 0 Å². The van der Waals surface area contributed by atoms with Gasteiger partial charge in [-0.3, -0.25) is 4.40 Å². The molecule has 134 valence electrons. The van der Waals surface area contributed by atoms with Gasteiger partial charge in [0.05, 0.1) is 16.7 Å². The largest absolute Gasteiger partial charge is 0.296 e. The van der Waals surface area contributed by atoms with Crippen LogP contribution >= 0.6 is 0 Å².